The van der Waals surface area contributed by atoms with Crippen LogP contribution < -0.4 is 4.74 Å². The van der Waals surface area contributed by atoms with Gasteiger partial charge in [0.1, 0.15) is 5.69 Å². The molecule has 0 amide bonds. The van der Waals surface area contributed by atoms with Crippen molar-refractivity contribution >= 4 is 17.4 Å². The lowest BCUT2D eigenvalue weighted by Gasteiger charge is -2.18. The summed E-state index contributed by atoms with van der Waals surface area (Å²) in [7, 11) is 1.40. The molecule has 0 saturated carbocycles. The first-order valence-electron chi connectivity index (χ1n) is 10.3. The lowest BCUT2D eigenvalue weighted by atomic mass is 9.87. The van der Waals surface area contributed by atoms with Crippen molar-refractivity contribution in [1.82, 2.24) is 9.38 Å². The number of esters is 1. The molecule has 0 radical (unpaired) electrons. The lowest BCUT2D eigenvalue weighted by Crippen LogP contribution is -2.23. The first-order chi connectivity index (χ1) is 14.4. The molecule has 1 aliphatic rings. The molecule has 0 spiro atoms. The van der Waals surface area contributed by atoms with Gasteiger partial charge in [-0.15, -0.1) is 0 Å². The molecule has 0 fully saturated rings. The fourth-order valence-corrected chi connectivity index (χ4v) is 4.58. The molecule has 156 valence electrons. The minimum Gasteiger partial charge on any atom is -0.490 e. The summed E-state index contributed by atoms with van der Waals surface area (Å²) in [6.07, 6.45) is 2.65. The van der Waals surface area contributed by atoms with E-state index >= 15 is 0 Å². The van der Waals surface area contributed by atoms with Crippen LogP contribution in [0.3, 0.4) is 0 Å². The molecule has 0 saturated heterocycles. The summed E-state index contributed by atoms with van der Waals surface area (Å²) >= 11 is 0. The number of imidazole rings is 1. The molecule has 2 heterocycles. The van der Waals surface area contributed by atoms with E-state index in [1.54, 1.807) is 4.40 Å². The van der Waals surface area contributed by atoms with Crippen LogP contribution in [0.25, 0.3) is 5.65 Å². The minimum absolute atomic E-state index is 0.0408. The maximum absolute atomic E-state index is 13.4. The Morgan fingerprint density at radius 1 is 1.23 bits per heavy atom. The van der Waals surface area contributed by atoms with Crippen molar-refractivity contribution in [3.05, 3.63) is 64.6 Å². The van der Waals surface area contributed by atoms with Gasteiger partial charge in [0, 0.05) is 18.5 Å². The van der Waals surface area contributed by atoms with Crippen molar-refractivity contribution in [2.75, 3.05) is 13.7 Å². The number of ether oxygens (including phenoxy) is 2. The van der Waals surface area contributed by atoms with Gasteiger partial charge in [-0.1, -0.05) is 23.8 Å². The Morgan fingerprint density at radius 3 is 2.77 bits per heavy atom. The molecule has 4 rings (SSSR count). The van der Waals surface area contributed by atoms with E-state index < -0.39 is 0 Å². The van der Waals surface area contributed by atoms with Gasteiger partial charge in [0.25, 0.3) is 0 Å². The molecular formula is C24H26N2O4. The zero-order valence-corrected chi connectivity index (χ0v) is 17.8. The molecule has 2 atom stereocenters. The van der Waals surface area contributed by atoms with Crippen molar-refractivity contribution < 1.29 is 19.1 Å². The molecule has 0 bridgehead atoms. The quantitative estimate of drug-likeness (QED) is 0.456. The maximum Gasteiger partial charge on any atom is 0.309 e. The van der Waals surface area contributed by atoms with Crippen LogP contribution >= 0.6 is 0 Å². The predicted octanol–water partition coefficient (Wildman–Crippen LogP) is 4.05. The van der Waals surface area contributed by atoms with Crippen LogP contribution in [-0.4, -0.2) is 34.9 Å². The first-order valence-corrected chi connectivity index (χ1v) is 10.3. The summed E-state index contributed by atoms with van der Waals surface area (Å²) < 4.78 is 12.5. The van der Waals surface area contributed by atoms with Crippen molar-refractivity contribution in [1.29, 1.82) is 0 Å². The molecule has 6 nitrogen and oxygen atoms in total. The number of carbonyl (C=O) groups is 2. The number of fused-ring (bicyclic) bond motifs is 2. The number of Topliss-reactive ketones (excluding diaryl/α,β-unsaturated/α-hetero) is 1. The summed E-state index contributed by atoms with van der Waals surface area (Å²) in [4.78, 5) is 30.5. The normalized spacial score (nSPS) is 17.7. The minimum atomic E-state index is -0.353. The molecular weight excluding hydrogens is 380 g/mol. The SMILES string of the molecule is CCOc1cccn2c(C(=O)C[C@@H]3c4ccc(C)cc4C[C@H]3C(=O)OC)c(C)nc12. The predicted molar refractivity (Wildman–Crippen MR) is 113 cm³/mol. The number of aryl methyl sites for hydroxylation is 2. The van der Waals surface area contributed by atoms with Crippen LogP contribution in [0.2, 0.25) is 0 Å². The van der Waals surface area contributed by atoms with E-state index in [0.717, 1.165) is 16.7 Å². The van der Waals surface area contributed by atoms with Gasteiger partial charge in [-0.3, -0.25) is 14.0 Å². The Bertz CT molecular complexity index is 1130. The number of hydrogen-bond acceptors (Lipinski definition) is 5. The Morgan fingerprint density at radius 2 is 2.03 bits per heavy atom. The molecule has 6 heteroatoms. The molecule has 30 heavy (non-hydrogen) atoms. The highest BCUT2D eigenvalue weighted by atomic mass is 16.5. The van der Waals surface area contributed by atoms with Crippen LogP contribution in [-0.2, 0) is 16.0 Å². The fraction of sp³-hybridized carbons (Fsp3) is 0.375. The number of nitrogens with zero attached hydrogens (tertiary/aromatic N) is 2. The standard InChI is InChI=1S/C24H26N2O4/c1-5-30-21-7-6-10-26-22(15(3)25-23(21)26)20(27)13-18-17-9-8-14(2)11-16(17)12-19(18)24(28)29-4/h6-11,18-19H,5,12-13H2,1-4H3/t18-,19-/m1/s1. The number of benzene rings is 1. The number of pyridine rings is 1. The molecule has 0 N–H and O–H groups in total. The van der Waals surface area contributed by atoms with Gasteiger partial charge in [-0.05, 0) is 50.5 Å². The molecule has 1 aromatic carbocycles. The first kappa shape index (κ1) is 20.1. The van der Waals surface area contributed by atoms with Gasteiger partial charge in [0.15, 0.2) is 17.2 Å². The Kier molecular flexibility index (Phi) is 5.33. The average molecular weight is 406 g/mol. The van der Waals surface area contributed by atoms with Crippen LogP contribution in [0.5, 0.6) is 5.75 Å². The zero-order chi connectivity index (χ0) is 21.4. The van der Waals surface area contributed by atoms with Crippen molar-refractivity contribution in [2.24, 2.45) is 5.92 Å². The van der Waals surface area contributed by atoms with Crippen molar-refractivity contribution in [2.45, 2.75) is 39.5 Å². The van der Waals surface area contributed by atoms with Gasteiger partial charge in [0.2, 0.25) is 0 Å². The number of rotatable bonds is 6. The highest BCUT2D eigenvalue weighted by Gasteiger charge is 2.39. The van der Waals surface area contributed by atoms with Gasteiger partial charge in [-0.2, -0.15) is 0 Å². The summed E-state index contributed by atoms with van der Waals surface area (Å²) in [5, 5.41) is 0. The molecule has 0 unspecified atom stereocenters. The van der Waals surface area contributed by atoms with E-state index in [9.17, 15) is 9.59 Å². The van der Waals surface area contributed by atoms with Gasteiger partial charge in [-0.25, -0.2) is 4.98 Å². The van der Waals surface area contributed by atoms with Gasteiger partial charge >= 0.3 is 5.97 Å². The second-order valence-corrected chi connectivity index (χ2v) is 7.81. The third-order valence-corrected chi connectivity index (χ3v) is 5.89. The highest BCUT2D eigenvalue weighted by molar-refractivity contribution is 5.97. The summed E-state index contributed by atoms with van der Waals surface area (Å²) in [6.45, 7) is 6.30. The highest BCUT2D eigenvalue weighted by Crippen LogP contribution is 2.42. The van der Waals surface area contributed by atoms with E-state index in [0.29, 0.717) is 35.8 Å². The largest absolute Gasteiger partial charge is 0.490 e. The second kappa shape index (κ2) is 7.94. The topological polar surface area (TPSA) is 69.9 Å². The van der Waals surface area contributed by atoms with Crippen LogP contribution in [0.1, 0.15) is 52.1 Å². The monoisotopic (exact) mass is 406 g/mol. The molecule has 3 aromatic rings. The Hall–Kier alpha value is -3.15. The smallest absolute Gasteiger partial charge is 0.309 e. The van der Waals surface area contributed by atoms with E-state index in [-0.39, 0.29) is 30.0 Å². The molecule has 1 aliphatic carbocycles. The van der Waals surface area contributed by atoms with E-state index in [1.165, 1.54) is 7.11 Å². The van der Waals surface area contributed by atoms with Crippen LogP contribution in [0.15, 0.2) is 36.5 Å². The van der Waals surface area contributed by atoms with E-state index in [2.05, 4.69) is 11.1 Å². The third-order valence-electron chi connectivity index (χ3n) is 5.89. The second-order valence-electron chi connectivity index (χ2n) is 7.81. The lowest BCUT2D eigenvalue weighted by molar-refractivity contribution is -0.145. The number of aromatic nitrogens is 2. The maximum atomic E-state index is 13.4. The van der Waals surface area contributed by atoms with Gasteiger partial charge < -0.3 is 9.47 Å². The van der Waals surface area contributed by atoms with Crippen molar-refractivity contribution in [3.63, 3.8) is 0 Å². The Balaban J connectivity index is 1.72. The van der Waals surface area contributed by atoms with Crippen LogP contribution in [0, 0.1) is 19.8 Å². The average Bonchev–Trinajstić information content (AvgIpc) is 3.25. The third kappa shape index (κ3) is 3.36. The van der Waals surface area contributed by atoms with E-state index in [4.69, 9.17) is 9.47 Å². The zero-order valence-electron chi connectivity index (χ0n) is 17.8. The number of methoxy groups -OCH3 is 1. The molecule has 2 aromatic heterocycles. The van der Waals surface area contributed by atoms with Crippen molar-refractivity contribution in [3.8, 4) is 5.75 Å². The fourth-order valence-electron chi connectivity index (χ4n) is 4.58. The summed E-state index contributed by atoms with van der Waals surface area (Å²) in [5.41, 5.74) is 5.15. The molecule has 0 aliphatic heterocycles. The summed E-state index contributed by atoms with van der Waals surface area (Å²) in [5.74, 6) is -0.220. The number of hydrogen-bond donors (Lipinski definition) is 0. The Labute approximate surface area is 175 Å². The van der Waals surface area contributed by atoms with Gasteiger partial charge in [0.05, 0.1) is 25.3 Å². The number of carbonyl (C=O) groups excluding carboxylic acids is 2. The van der Waals surface area contributed by atoms with Crippen LogP contribution in [0.4, 0.5) is 0 Å². The number of ketones is 1. The van der Waals surface area contributed by atoms with E-state index in [1.807, 2.05) is 51.2 Å². The summed E-state index contributed by atoms with van der Waals surface area (Å²) in [6, 6.07) is 9.87.